The summed E-state index contributed by atoms with van der Waals surface area (Å²) in [6.45, 7) is 3.89. The maximum absolute atomic E-state index is 12.5. The summed E-state index contributed by atoms with van der Waals surface area (Å²) in [6, 6.07) is 2.15. The van der Waals surface area contributed by atoms with Crippen LogP contribution in [0.3, 0.4) is 0 Å². The fraction of sp³-hybridized carbons (Fsp3) is 0.562. The van der Waals surface area contributed by atoms with E-state index in [0.29, 0.717) is 23.4 Å². The zero-order valence-corrected chi connectivity index (χ0v) is 13.6. The van der Waals surface area contributed by atoms with Crippen LogP contribution in [0.1, 0.15) is 48.6 Å². The molecular weight excluding hydrogens is 300 g/mol. The lowest BCUT2D eigenvalue weighted by Gasteiger charge is -2.31. The van der Waals surface area contributed by atoms with Crippen LogP contribution in [0.5, 0.6) is 0 Å². The third-order valence-electron chi connectivity index (χ3n) is 4.32. The number of aryl methyl sites for hydroxylation is 1. The van der Waals surface area contributed by atoms with Gasteiger partial charge in [-0.1, -0.05) is 19.8 Å². The highest BCUT2D eigenvalue weighted by Crippen LogP contribution is 2.35. The number of rotatable bonds is 4. The molecule has 1 aliphatic rings. The van der Waals surface area contributed by atoms with Crippen LogP contribution in [0.15, 0.2) is 0 Å². The minimum atomic E-state index is -1.16. The average Bonchev–Trinajstić information content (AvgIpc) is 2.81. The van der Waals surface area contributed by atoms with Gasteiger partial charge in [0.2, 0.25) is 5.91 Å². The second kappa shape index (κ2) is 6.93. The largest absolute Gasteiger partial charge is 0.550 e. The predicted molar refractivity (Wildman–Crippen MR) is 82.2 cm³/mol. The first kappa shape index (κ1) is 16.5. The van der Waals surface area contributed by atoms with E-state index in [1.165, 1.54) is 11.3 Å². The Morgan fingerprint density at radius 2 is 2.00 bits per heavy atom. The number of anilines is 1. The standard InChI is InChI=1S/C16H20N2O3S/c1-3-10-9(2)22-15(13(10)8-17)18-14(19)11-6-4-5-7-12(11)16(20)21/h11-12H,3-7H2,1-2H3,(H,18,19)(H,20,21)/p-1/t11-,12+/m1/s1. The first-order valence-electron chi connectivity index (χ1n) is 7.53. The number of carboxylic acid groups (broad SMARTS) is 1. The van der Waals surface area contributed by atoms with Gasteiger partial charge in [0.25, 0.3) is 0 Å². The maximum Gasteiger partial charge on any atom is 0.228 e. The molecular formula is C16H19N2O3S-. The fourth-order valence-electron chi connectivity index (χ4n) is 3.14. The Bertz CT molecular complexity index is 630. The van der Waals surface area contributed by atoms with Crippen LogP contribution < -0.4 is 10.4 Å². The molecule has 5 nitrogen and oxygen atoms in total. The molecule has 0 bridgehead atoms. The number of hydrogen-bond donors (Lipinski definition) is 1. The number of nitrogens with zero attached hydrogens (tertiary/aromatic N) is 1. The Morgan fingerprint density at radius 1 is 1.36 bits per heavy atom. The molecule has 2 rings (SSSR count). The highest BCUT2D eigenvalue weighted by molar-refractivity contribution is 7.16. The summed E-state index contributed by atoms with van der Waals surface area (Å²) in [4.78, 5) is 24.7. The predicted octanol–water partition coefficient (Wildman–Crippen LogP) is 1.99. The Hall–Kier alpha value is -1.87. The number of carboxylic acids is 1. The van der Waals surface area contributed by atoms with E-state index >= 15 is 0 Å². The van der Waals surface area contributed by atoms with Crippen molar-refractivity contribution in [2.75, 3.05) is 5.32 Å². The van der Waals surface area contributed by atoms with Gasteiger partial charge in [0.15, 0.2) is 0 Å². The summed E-state index contributed by atoms with van der Waals surface area (Å²) in [6.07, 6.45) is 3.42. The molecule has 1 aromatic rings. The van der Waals surface area contributed by atoms with E-state index in [9.17, 15) is 20.0 Å². The summed E-state index contributed by atoms with van der Waals surface area (Å²) in [5.41, 5.74) is 1.45. The first-order chi connectivity index (χ1) is 10.5. The quantitative estimate of drug-likeness (QED) is 0.918. The van der Waals surface area contributed by atoms with Gasteiger partial charge in [-0.3, -0.25) is 4.79 Å². The van der Waals surface area contributed by atoms with Crippen molar-refractivity contribution in [1.82, 2.24) is 0 Å². The van der Waals surface area contributed by atoms with Crippen LogP contribution in [0.2, 0.25) is 0 Å². The Labute approximate surface area is 134 Å². The molecule has 1 heterocycles. The van der Waals surface area contributed by atoms with Crippen LogP contribution in [-0.2, 0) is 16.0 Å². The van der Waals surface area contributed by atoms with Crippen LogP contribution in [-0.4, -0.2) is 11.9 Å². The number of thiophene rings is 1. The molecule has 118 valence electrons. The monoisotopic (exact) mass is 319 g/mol. The molecule has 0 radical (unpaired) electrons. The van der Waals surface area contributed by atoms with Gasteiger partial charge in [0.1, 0.15) is 11.1 Å². The third kappa shape index (κ3) is 3.14. The van der Waals surface area contributed by atoms with E-state index in [1.807, 2.05) is 13.8 Å². The van der Waals surface area contributed by atoms with Crippen molar-refractivity contribution in [3.05, 3.63) is 16.0 Å². The fourth-order valence-corrected chi connectivity index (χ4v) is 4.24. The summed E-state index contributed by atoms with van der Waals surface area (Å²) < 4.78 is 0. The highest BCUT2D eigenvalue weighted by atomic mass is 32.1. The number of carbonyl (C=O) groups excluding carboxylic acids is 2. The van der Waals surface area contributed by atoms with Gasteiger partial charge in [-0.25, -0.2) is 0 Å². The van der Waals surface area contributed by atoms with E-state index in [2.05, 4.69) is 11.4 Å². The molecule has 6 heteroatoms. The molecule has 0 saturated heterocycles. The zero-order valence-electron chi connectivity index (χ0n) is 12.8. The van der Waals surface area contributed by atoms with Gasteiger partial charge in [-0.05, 0) is 31.7 Å². The first-order valence-corrected chi connectivity index (χ1v) is 8.35. The van der Waals surface area contributed by atoms with Gasteiger partial charge in [0, 0.05) is 22.7 Å². The molecule has 0 aromatic carbocycles. The summed E-state index contributed by atoms with van der Waals surface area (Å²) in [5.74, 6) is -2.77. The van der Waals surface area contributed by atoms with Crippen LogP contribution >= 0.6 is 11.3 Å². The van der Waals surface area contributed by atoms with E-state index in [0.717, 1.165) is 29.7 Å². The topological polar surface area (TPSA) is 93.0 Å². The minimum Gasteiger partial charge on any atom is -0.550 e. The Balaban J connectivity index is 2.21. The number of amides is 1. The van der Waals surface area contributed by atoms with Crippen molar-refractivity contribution in [2.24, 2.45) is 11.8 Å². The van der Waals surface area contributed by atoms with Gasteiger partial charge >= 0.3 is 0 Å². The molecule has 2 atom stereocenters. The molecule has 1 amide bonds. The third-order valence-corrected chi connectivity index (χ3v) is 5.38. The Morgan fingerprint density at radius 3 is 2.55 bits per heavy atom. The van der Waals surface area contributed by atoms with Crippen molar-refractivity contribution < 1.29 is 14.7 Å². The zero-order chi connectivity index (χ0) is 16.3. The van der Waals surface area contributed by atoms with Gasteiger partial charge in [0.05, 0.1) is 5.56 Å². The van der Waals surface area contributed by atoms with Crippen molar-refractivity contribution in [1.29, 1.82) is 5.26 Å². The number of nitriles is 1. The summed E-state index contributed by atoms with van der Waals surface area (Å²) in [5, 5.41) is 23.8. The van der Waals surface area contributed by atoms with Crippen LogP contribution in [0.25, 0.3) is 0 Å². The number of nitrogens with one attached hydrogen (secondary N) is 1. The van der Waals surface area contributed by atoms with E-state index in [4.69, 9.17) is 0 Å². The van der Waals surface area contributed by atoms with Gasteiger partial charge in [-0.2, -0.15) is 5.26 Å². The molecule has 0 unspecified atom stereocenters. The van der Waals surface area contributed by atoms with E-state index in [-0.39, 0.29) is 5.91 Å². The van der Waals surface area contributed by atoms with Crippen molar-refractivity contribution in [2.45, 2.75) is 46.0 Å². The van der Waals surface area contributed by atoms with E-state index in [1.54, 1.807) is 0 Å². The molecule has 0 aliphatic heterocycles. The normalized spacial score (nSPS) is 21.1. The molecule has 1 fully saturated rings. The number of carbonyl (C=O) groups is 2. The second-order valence-corrected chi connectivity index (χ2v) is 6.84. The summed E-state index contributed by atoms with van der Waals surface area (Å²) in [7, 11) is 0. The smallest absolute Gasteiger partial charge is 0.228 e. The van der Waals surface area contributed by atoms with Gasteiger partial charge < -0.3 is 15.2 Å². The second-order valence-electron chi connectivity index (χ2n) is 5.61. The van der Waals surface area contributed by atoms with Crippen molar-refractivity contribution in [3.8, 4) is 6.07 Å². The minimum absolute atomic E-state index is 0.311. The summed E-state index contributed by atoms with van der Waals surface area (Å²) >= 11 is 1.37. The van der Waals surface area contributed by atoms with Crippen LogP contribution in [0, 0.1) is 30.1 Å². The van der Waals surface area contributed by atoms with Crippen LogP contribution in [0.4, 0.5) is 5.00 Å². The average molecular weight is 319 g/mol. The molecule has 1 saturated carbocycles. The molecule has 22 heavy (non-hydrogen) atoms. The molecule has 1 N–H and O–H groups in total. The van der Waals surface area contributed by atoms with E-state index < -0.39 is 17.8 Å². The number of aliphatic carboxylic acids is 1. The lowest BCUT2D eigenvalue weighted by atomic mass is 9.79. The molecule has 1 aliphatic carbocycles. The maximum atomic E-state index is 12.5. The SMILES string of the molecule is CCc1c(C)sc(NC(=O)[C@@H]2CCCC[C@@H]2C(=O)[O-])c1C#N. The molecule has 1 aromatic heterocycles. The molecule has 0 spiro atoms. The number of hydrogen-bond acceptors (Lipinski definition) is 5. The lowest BCUT2D eigenvalue weighted by molar-refractivity contribution is -0.313. The van der Waals surface area contributed by atoms with Gasteiger partial charge in [-0.15, -0.1) is 11.3 Å². The lowest BCUT2D eigenvalue weighted by Crippen LogP contribution is -2.42. The van der Waals surface area contributed by atoms with Crippen molar-refractivity contribution >= 4 is 28.2 Å². The Kier molecular flexibility index (Phi) is 5.19. The van der Waals surface area contributed by atoms with Crippen molar-refractivity contribution in [3.63, 3.8) is 0 Å². The highest BCUT2D eigenvalue weighted by Gasteiger charge is 2.32.